The van der Waals surface area contributed by atoms with Crippen LogP contribution in [0.2, 0.25) is 0 Å². The summed E-state index contributed by atoms with van der Waals surface area (Å²) in [7, 11) is 0. The fraction of sp³-hybridized carbons (Fsp3) is 0.778. The molecule has 0 atom stereocenters. The molecule has 0 amide bonds. The lowest BCUT2D eigenvalue weighted by Crippen LogP contribution is -2.33. The Hall–Kier alpha value is -0.680. The first-order valence-electron chi connectivity index (χ1n) is 4.87. The van der Waals surface area contributed by atoms with Gasteiger partial charge in [-0.2, -0.15) is 4.37 Å². The van der Waals surface area contributed by atoms with Gasteiger partial charge < -0.3 is 10.1 Å². The van der Waals surface area contributed by atoms with Crippen LogP contribution in [0.5, 0.6) is 0 Å². The summed E-state index contributed by atoms with van der Waals surface area (Å²) in [6.45, 7) is 5.03. The van der Waals surface area contributed by atoms with Gasteiger partial charge in [-0.1, -0.05) is 6.92 Å². The molecule has 0 saturated carbocycles. The standard InChI is InChI=1S/C9H15N3OS/c1-9(2-4-13-5-3-9)6-10-8-11-7-12-14-8/h7H,2-6H2,1H3,(H,10,11,12). The second-order valence-electron chi connectivity index (χ2n) is 4.02. The van der Waals surface area contributed by atoms with E-state index in [1.807, 2.05) is 0 Å². The second kappa shape index (κ2) is 4.23. The molecule has 1 aromatic heterocycles. The predicted molar refractivity (Wildman–Crippen MR) is 56.6 cm³/mol. The number of aromatic nitrogens is 2. The summed E-state index contributed by atoms with van der Waals surface area (Å²) < 4.78 is 9.30. The summed E-state index contributed by atoms with van der Waals surface area (Å²) in [4.78, 5) is 4.10. The molecule has 5 heteroatoms. The molecule has 2 heterocycles. The van der Waals surface area contributed by atoms with Crippen molar-refractivity contribution in [3.05, 3.63) is 6.33 Å². The van der Waals surface area contributed by atoms with E-state index in [1.165, 1.54) is 11.5 Å². The molecule has 0 spiro atoms. The van der Waals surface area contributed by atoms with Crippen molar-refractivity contribution in [3.8, 4) is 0 Å². The number of rotatable bonds is 3. The number of anilines is 1. The van der Waals surface area contributed by atoms with Gasteiger partial charge in [0.1, 0.15) is 6.33 Å². The van der Waals surface area contributed by atoms with Crippen LogP contribution in [0.4, 0.5) is 5.13 Å². The van der Waals surface area contributed by atoms with E-state index < -0.39 is 0 Å². The van der Waals surface area contributed by atoms with E-state index in [0.717, 1.165) is 37.7 Å². The molecule has 1 fully saturated rings. The van der Waals surface area contributed by atoms with Crippen LogP contribution < -0.4 is 5.32 Å². The molecule has 1 saturated heterocycles. The van der Waals surface area contributed by atoms with Crippen LogP contribution in [0.1, 0.15) is 19.8 Å². The first-order valence-corrected chi connectivity index (χ1v) is 5.64. The lowest BCUT2D eigenvalue weighted by Gasteiger charge is -2.33. The van der Waals surface area contributed by atoms with E-state index in [0.29, 0.717) is 5.41 Å². The molecule has 0 unspecified atom stereocenters. The Morgan fingerprint density at radius 2 is 2.36 bits per heavy atom. The maximum atomic E-state index is 5.35. The summed E-state index contributed by atoms with van der Waals surface area (Å²) in [5.41, 5.74) is 0.351. The molecule has 4 nitrogen and oxygen atoms in total. The smallest absolute Gasteiger partial charge is 0.202 e. The molecule has 0 radical (unpaired) electrons. The van der Waals surface area contributed by atoms with Crippen LogP contribution in [0.15, 0.2) is 6.33 Å². The number of nitrogens with one attached hydrogen (secondary N) is 1. The first-order chi connectivity index (χ1) is 6.79. The highest BCUT2D eigenvalue weighted by atomic mass is 32.1. The zero-order valence-electron chi connectivity index (χ0n) is 8.32. The van der Waals surface area contributed by atoms with Crippen LogP contribution in [-0.2, 0) is 4.74 Å². The van der Waals surface area contributed by atoms with Gasteiger partial charge in [-0.3, -0.25) is 0 Å². The molecular formula is C9H15N3OS. The Morgan fingerprint density at radius 3 is 3.00 bits per heavy atom. The predicted octanol–water partition coefficient (Wildman–Crippen LogP) is 1.77. The fourth-order valence-electron chi connectivity index (χ4n) is 1.58. The molecule has 1 aliphatic rings. The van der Waals surface area contributed by atoms with Gasteiger partial charge in [0.05, 0.1) is 0 Å². The fourth-order valence-corrected chi connectivity index (χ4v) is 2.01. The summed E-state index contributed by atoms with van der Waals surface area (Å²) in [5, 5.41) is 4.24. The van der Waals surface area contributed by atoms with E-state index in [2.05, 4.69) is 21.6 Å². The maximum Gasteiger partial charge on any atom is 0.202 e. The zero-order valence-corrected chi connectivity index (χ0v) is 9.14. The minimum atomic E-state index is 0.351. The van der Waals surface area contributed by atoms with Crippen molar-refractivity contribution in [1.82, 2.24) is 9.36 Å². The van der Waals surface area contributed by atoms with Gasteiger partial charge in [-0.05, 0) is 18.3 Å². The van der Waals surface area contributed by atoms with Crippen molar-refractivity contribution in [2.24, 2.45) is 5.41 Å². The average Bonchev–Trinajstić information content (AvgIpc) is 2.69. The first kappa shape index (κ1) is 9.86. The van der Waals surface area contributed by atoms with Crippen molar-refractivity contribution in [3.63, 3.8) is 0 Å². The topological polar surface area (TPSA) is 47.0 Å². The van der Waals surface area contributed by atoms with Gasteiger partial charge in [-0.25, -0.2) is 4.98 Å². The SMILES string of the molecule is CC1(CNc2ncns2)CCOCC1. The molecule has 0 bridgehead atoms. The third kappa shape index (κ3) is 2.42. The zero-order chi connectivity index (χ0) is 9.86. The van der Waals surface area contributed by atoms with E-state index in [-0.39, 0.29) is 0 Å². The van der Waals surface area contributed by atoms with Gasteiger partial charge >= 0.3 is 0 Å². The van der Waals surface area contributed by atoms with Crippen LogP contribution in [0.3, 0.4) is 0 Å². The number of nitrogens with zero attached hydrogens (tertiary/aromatic N) is 2. The highest BCUT2D eigenvalue weighted by Gasteiger charge is 2.27. The van der Waals surface area contributed by atoms with Crippen LogP contribution in [0.25, 0.3) is 0 Å². The van der Waals surface area contributed by atoms with E-state index in [9.17, 15) is 0 Å². The average molecular weight is 213 g/mol. The molecule has 1 aliphatic heterocycles. The summed E-state index contributed by atoms with van der Waals surface area (Å²) in [6.07, 6.45) is 3.83. The summed E-state index contributed by atoms with van der Waals surface area (Å²) in [5.74, 6) is 0. The van der Waals surface area contributed by atoms with E-state index >= 15 is 0 Å². The molecule has 78 valence electrons. The Bertz CT molecular complexity index is 270. The Kier molecular flexibility index (Phi) is 2.98. The van der Waals surface area contributed by atoms with Gasteiger partial charge in [0.25, 0.3) is 0 Å². The highest BCUT2D eigenvalue weighted by molar-refractivity contribution is 7.09. The molecule has 1 N–H and O–H groups in total. The normalized spacial score (nSPS) is 20.6. The molecule has 14 heavy (non-hydrogen) atoms. The van der Waals surface area contributed by atoms with E-state index in [1.54, 1.807) is 6.33 Å². The molecule has 0 aliphatic carbocycles. The second-order valence-corrected chi connectivity index (χ2v) is 4.80. The monoisotopic (exact) mass is 213 g/mol. The molecule has 0 aromatic carbocycles. The van der Waals surface area contributed by atoms with Gasteiger partial charge in [0.15, 0.2) is 0 Å². The summed E-state index contributed by atoms with van der Waals surface area (Å²) >= 11 is 1.41. The Morgan fingerprint density at radius 1 is 1.57 bits per heavy atom. The van der Waals surface area contributed by atoms with Crippen molar-refractivity contribution in [1.29, 1.82) is 0 Å². The van der Waals surface area contributed by atoms with Crippen LogP contribution in [-0.4, -0.2) is 29.1 Å². The third-order valence-electron chi connectivity index (χ3n) is 2.73. The number of hydrogen-bond acceptors (Lipinski definition) is 5. The Balaban J connectivity index is 1.84. The van der Waals surface area contributed by atoms with Gasteiger partial charge in [-0.15, -0.1) is 0 Å². The quantitative estimate of drug-likeness (QED) is 0.831. The lowest BCUT2D eigenvalue weighted by molar-refractivity contribution is 0.0300. The van der Waals surface area contributed by atoms with Crippen LogP contribution >= 0.6 is 11.5 Å². The van der Waals surface area contributed by atoms with Crippen molar-refractivity contribution < 1.29 is 4.74 Å². The van der Waals surface area contributed by atoms with Crippen molar-refractivity contribution in [2.75, 3.05) is 25.1 Å². The van der Waals surface area contributed by atoms with Gasteiger partial charge in [0.2, 0.25) is 5.13 Å². The number of ether oxygens (including phenoxy) is 1. The van der Waals surface area contributed by atoms with Crippen molar-refractivity contribution in [2.45, 2.75) is 19.8 Å². The molecule has 1 aromatic rings. The molecular weight excluding hydrogens is 198 g/mol. The van der Waals surface area contributed by atoms with Crippen molar-refractivity contribution >= 4 is 16.7 Å². The highest BCUT2D eigenvalue weighted by Crippen LogP contribution is 2.29. The minimum Gasteiger partial charge on any atom is -0.381 e. The van der Waals surface area contributed by atoms with Gasteiger partial charge in [0, 0.05) is 31.3 Å². The van der Waals surface area contributed by atoms with E-state index in [4.69, 9.17) is 4.74 Å². The third-order valence-corrected chi connectivity index (χ3v) is 3.35. The molecule has 2 rings (SSSR count). The Labute approximate surface area is 87.9 Å². The van der Waals surface area contributed by atoms with Crippen LogP contribution in [0, 0.1) is 5.41 Å². The minimum absolute atomic E-state index is 0.351. The lowest BCUT2D eigenvalue weighted by atomic mass is 9.82. The largest absolute Gasteiger partial charge is 0.381 e. The summed E-state index contributed by atoms with van der Waals surface area (Å²) in [6, 6.07) is 0. The number of hydrogen-bond donors (Lipinski definition) is 1. The maximum absolute atomic E-state index is 5.35.